The molecule has 1 aromatic rings. The van der Waals surface area contributed by atoms with Crippen LogP contribution in [0.25, 0.3) is 0 Å². The molecule has 1 aromatic carbocycles. The zero-order valence-electron chi connectivity index (χ0n) is 18.4. The molecule has 29 heavy (non-hydrogen) atoms. The Morgan fingerprint density at radius 3 is 1.86 bits per heavy atom. The molecule has 0 aliphatic carbocycles. The molecule has 0 spiro atoms. The van der Waals surface area contributed by atoms with Gasteiger partial charge in [-0.3, -0.25) is 0 Å². The molecule has 0 aliphatic heterocycles. The minimum absolute atomic E-state index is 0.611. The zero-order chi connectivity index (χ0) is 21.6. The van der Waals surface area contributed by atoms with Crippen LogP contribution in [0.1, 0.15) is 70.4 Å². The first-order chi connectivity index (χ1) is 13.9. The van der Waals surface area contributed by atoms with E-state index < -0.39 is 30.1 Å². The number of benzene rings is 1. The van der Waals surface area contributed by atoms with Crippen molar-refractivity contribution in [1.29, 1.82) is 0 Å². The molecule has 0 unspecified atom stereocenters. The van der Waals surface area contributed by atoms with E-state index in [1.165, 1.54) is 67.7 Å². The molecule has 1 nitrogen and oxygen atoms in total. The van der Waals surface area contributed by atoms with Gasteiger partial charge in [0, 0.05) is 0 Å². The SMILES string of the molecule is CCC[CH2][Sn]([CH2]CCC)([CH2]CCC)[CH2]SCCN=Cc1ccc(C(F)(F)F)cc1. The quantitative estimate of drug-likeness (QED) is 0.125. The van der Waals surface area contributed by atoms with Crippen molar-refractivity contribution in [3.63, 3.8) is 0 Å². The van der Waals surface area contributed by atoms with Crippen LogP contribution in [0, 0.1) is 0 Å². The number of halogens is 3. The van der Waals surface area contributed by atoms with Gasteiger partial charge >= 0.3 is 185 Å². The van der Waals surface area contributed by atoms with E-state index in [9.17, 15) is 13.2 Å². The predicted octanol–water partition coefficient (Wildman–Crippen LogP) is 8.25. The molecule has 0 radical (unpaired) electrons. The van der Waals surface area contributed by atoms with Crippen LogP contribution in [0.5, 0.6) is 0 Å². The second kappa shape index (κ2) is 14.8. The van der Waals surface area contributed by atoms with Crippen molar-refractivity contribution in [2.75, 3.05) is 16.1 Å². The van der Waals surface area contributed by atoms with Gasteiger partial charge in [-0.2, -0.15) is 0 Å². The third-order valence-corrected chi connectivity index (χ3v) is 25.8. The van der Waals surface area contributed by atoms with E-state index in [-0.39, 0.29) is 0 Å². The monoisotopic (exact) mass is 537 g/mol. The number of alkyl halides is 3. The molecule has 0 aliphatic rings. The average Bonchev–Trinajstić information content (AvgIpc) is 2.71. The number of aliphatic imine (C=N–C) groups is 1. The van der Waals surface area contributed by atoms with Crippen molar-refractivity contribution in [3.8, 4) is 0 Å². The summed E-state index contributed by atoms with van der Waals surface area (Å²) in [6.45, 7) is 7.65. The van der Waals surface area contributed by atoms with E-state index >= 15 is 0 Å². The Bertz CT molecular complexity index is 551. The van der Waals surface area contributed by atoms with Crippen molar-refractivity contribution in [2.45, 2.75) is 78.8 Å². The van der Waals surface area contributed by atoms with Crippen LogP contribution in [0.4, 0.5) is 13.2 Å². The van der Waals surface area contributed by atoms with E-state index in [0.717, 1.165) is 30.0 Å². The fraction of sp³-hybridized carbons (Fsp3) is 0.696. The summed E-state index contributed by atoms with van der Waals surface area (Å²) >= 11 is 0.0289. The Labute approximate surface area is 184 Å². The standard InChI is InChI=1S/C11H11F3NS.3C4H9.Sn/c1-16-7-6-15-8-9-2-4-10(5-3-9)11(12,13)14;3*1-3-4-2;/h2-5,8H,1,6-7H2;3*1,3-4H2,2H3;. The van der Waals surface area contributed by atoms with Gasteiger partial charge < -0.3 is 0 Å². The summed E-state index contributed by atoms with van der Waals surface area (Å²) < 4.78 is 43.8. The summed E-state index contributed by atoms with van der Waals surface area (Å²) in [5, 5.41) is 0. The third kappa shape index (κ3) is 11.1. The van der Waals surface area contributed by atoms with E-state index in [1.807, 2.05) is 0 Å². The molecule has 0 heterocycles. The Hall–Kier alpha value is -0.171. The molecule has 0 saturated heterocycles. The first kappa shape index (κ1) is 26.9. The van der Waals surface area contributed by atoms with Crippen molar-refractivity contribution in [1.82, 2.24) is 0 Å². The van der Waals surface area contributed by atoms with Gasteiger partial charge in [-0.15, -0.1) is 0 Å². The number of hydrogen-bond donors (Lipinski definition) is 0. The maximum absolute atomic E-state index is 12.6. The molecule has 166 valence electrons. The Kier molecular flexibility index (Phi) is 13.7. The van der Waals surface area contributed by atoms with Gasteiger partial charge in [-0.05, 0) is 0 Å². The molecular formula is C23H38F3NSSn. The molecule has 0 fully saturated rings. The number of unbranched alkanes of at least 4 members (excludes halogenated alkanes) is 3. The van der Waals surface area contributed by atoms with Gasteiger partial charge in [0.05, 0.1) is 0 Å². The Morgan fingerprint density at radius 1 is 0.897 bits per heavy atom. The third-order valence-electron chi connectivity index (χ3n) is 5.43. The van der Waals surface area contributed by atoms with Crippen LogP contribution in [0.15, 0.2) is 29.3 Å². The summed E-state index contributed by atoms with van der Waals surface area (Å²) in [4.78, 5) is 4.44. The summed E-state index contributed by atoms with van der Waals surface area (Å²) in [7, 11) is 0. The maximum atomic E-state index is 12.6. The molecule has 0 saturated carbocycles. The van der Waals surface area contributed by atoms with Gasteiger partial charge in [-0.25, -0.2) is 0 Å². The van der Waals surface area contributed by atoms with Crippen molar-refractivity contribution in [3.05, 3.63) is 35.4 Å². The number of thioether (sulfide) groups is 1. The first-order valence-electron chi connectivity index (χ1n) is 11.1. The van der Waals surface area contributed by atoms with Crippen LogP contribution in [0.2, 0.25) is 13.3 Å². The van der Waals surface area contributed by atoms with Crippen molar-refractivity contribution < 1.29 is 13.2 Å². The van der Waals surface area contributed by atoms with Crippen LogP contribution in [0.3, 0.4) is 0 Å². The van der Waals surface area contributed by atoms with Crippen LogP contribution in [-0.4, -0.2) is 40.7 Å². The van der Waals surface area contributed by atoms with E-state index in [0.29, 0.717) is 0 Å². The molecule has 0 bridgehead atoms. The van der Waals surface area contributed by atoms with E-state index in [2.05, 4.69) is 37.5 Å². The van der Waals surface area contributed by atoms with Crippen LogP contribution >= 0.6 is 11.8 Å². The fourth-order valence-corrected chi connectivity index (χ4v) is 25.1. The van der Waals surface area contributed by atoms with Gasteiger partial charge in [0.25, 0.3) is 0 Å². The minimum atomic E-state index is -4.28. The second-order valence-electron chi connectivity index (χ2n) is 8.02. The molecule has 6 heteroatoms. The normalized spacial score (nSPS) is 12.8. The number of nitrogens with zero attached hydrogens (tertiary/aromatic N) is 1. The van der Waals surface area contributed by atoms with Gasteiger partial charge in [0.2, 0.25) is 0 Å². The predicted molar refractivity (Wildman–Crippen MR) is 126 cm³/mol. The average molecular weight is 536 g/mol. The Balaban J connectivity index is 2.51. The molecule has 0 aromatic heterocycles. The molecule has 1 rings (SSSR count). The molecule has 0 atom stereocenters. The van der Waals surface area contributed by atoms with Crippen molar-refractivity contribution in [2.24, 2.45) is 4.99 Å². The second-order valence-corrected chi connectivity index (χ2v) is 24.4. The fourth-order valence-electron chi connectivity index (χ4n) is 3.58. The summed E-state index contributed by atoms with van der Waals surface area (Å²) in [6, 6.07) is 5.21. The van der Waals surface area contributed by atoms with Crippen LogP contribution in [-0.2, 0) is 6.18 Å². The number of rotatable bonds is 15. The van der Waals surface area contributed by atoms with Crippen LogP contribution < -0.4 is 0 Å². The van der Waals surface area contributed by atoms with Gasteiger partial charge in [0.1, 0.15) is 0 Å². The summed E-state index contributed by atoms with van der Waals surface area (Å²) in [5.41, 5.74) is 0.116. The Morgan fingerprint density at radius 2 is 1.41 bits per heavy atom. The molecular weight excluding hydrogens is 498 g/mol. The summed E-state index contributed by atoms with van der Waals surface area (Å²) in [6.07, 6.45) is 5.53. The first-order valence-corrected chi connectivity index (χ1v) is 20.3. The summed E-state index contributed by atoms with van der Waals surface area (Å²) in [5.74, 6) is 1.01. The topological polar surface area (TPSA) is 12.4 Å². The molecule has 0 amide bonds. The van der Waals surface area contributed by atoms with Crippen molar-refractivity contribution >= 4 is 36.4 Å². The van der Waals surface area contributed by atoms with E-state index in [4.69, 9.17) is 0 Å². The zero-order valence-corrected chi connectivity index (χ0v) is 22.0. The molecule has 0 N–H and O–H groups in total. The van der Waals surface area contributed by atoms with Gasteiger partial charge in [-0.1, -0.05) is 0 Å². The van der Waals surface area contributed by atoms with Gasteiger partial charge in [0.15, 0.2) is 0 Å². The van der Waals surface area contributed by atoms with E-state index in [1.54, 1.807) is 6.21 Å². The number of hydrogen-bond acceptors (Lipinski definition) is 2.